The van der Waals surface area contributed by atoms with Crippen molar-refractivity contribution >= 4 is 0 Å². The highest BCUT2D eigenvalue weighted by molar-refractivity contribution is 5.56. The Morgan fingerprint density at radius 1 is 1.14 bits per heavy atom. The lowest BCUT2D eigenvalue weighted by Gasteiger charge is -2.05. The predicted molar refractivity (Wildman–Crippen MR) is 82.9 cm³/mol. The summed E-state index contributed by atoms with van der Waals surface area (Å²) in [5.41, 5.74) is 3.42. The summed E-state index contributed by atoms with van der Waals surface area (Å²) < 4.78 is 5.65. The number of hydrogen-bond acceptors (Lipinski definition) is 3. The van der Waals surface area contributed by atoms with Gasteiger partial charge in [0.15, 0.2) is 5.76 Å². The monoisotopic (exact) mass is 281 g/mol. The third kappa shape index (κ3) is 3.41. The molecule has 0 spiro atoms. The van der Waals surface area contributed by atoms with Gasteiger partial charge in [-0.15, -0.1) is 0 Å². The number of aromatic amines is 1. The molecule has 1 aromatic carbocycles. The quantitative estimate of drug-likeness (QED) is 0.682. The van der Waals surface area contributed by atoms with E-state index in [2.05, 4.69) is 39.8 Å². The summed E-state index contributed by atoms with van der Waals surface area (Å²) in [7, 11) is 0. The SMILES string of the molecule is Cc1ccc(-c2[nH]ncc2CNCCc2ccccc2)o1. The van der Waals surface area contributed by atoms with Crippen LogP contribution < -0.4 is 5.32 Å². The maximum absolute atomic E-state index is 5.65. The first-order chi connectivity index (χ1) is 10.3. The van der Waals surface area contributed by atoms with E-state index in [1.807, 2.05) is 31.3 Å². The van der Waals surface area contributed by atoms with Crippen molar-refractivity contribution in [2.45, 2.75) is 19.9 Å². The van der Waals surface area contributed by atoms with Gasteiger partial charge in [-0.1, -0.05) is 30.3 Å². The molecule has 0 saturated carbocycles. The van der Waals surface area contributed by atoms with Crippen LogP contribution in [0.5, 0.6) is 0 Å². The fourth-order valence-electron chi connectivity index (χ4n) is 2.33. The minimum absolute atomic E-state index is 0.776. The van der Waals surface area contributed by atoms with Gasteiger partial charge in [0.1, 0.15) is 11.5 Å². The highest BCUT2D eigenvalue weighted by atomic mass is 16.3. The first kappa shape index (κ1) is 13.6. The molecule has 3 rings (SSSR count). The van der Waals surface area contributed by atoms with E-state index in [9.17, 15) is 0 Å². The van der Waals surface area contributed by atoms with E-state index in [0.717, 1.165) is 42.3 Å². The lowest BCUT2D eigenvalue weighted by Crippen LogP contribution is -2.16. The molecule has 0 radical (unpaired) electrons. The van der Waals surface area contributed by atoms with Crippen molar-refractivity contribution in [1.82, 2.24) is 15.5 Å². The minimum Gasteiger partial charge on any atom is -0.460 e. The molecule has 108 valence electrons. The van der Waals surface area contributed by atoms with Crippen LogP contribution in [0.15, 0.2) is 53.1 Å². The summed E-state index contributed by atoms with van der Waals surface area (Å²) in [6.45, 7) is 3.65. The second-order valence-electron chi connectivity index (χ2n) is 5.09. The maximum atomic E-state index is 5.65. The molecule has 0 aliphatic rings. The Morgan fingerprint density at radius 3 is 2.76 bits per heavy atom. The molecule has 2 aromatic heterocycles. The van der Waals surface area contributed by atoms with Crippen LogP contribution in [0, 0.1) is 6.92 Å². The van der Waals surface area contributed by atoms with Crippen LogP contribution >= 0.6 is 0 Å². The number of aromatic nitrogens is 2. The lowest BCUT2D eigenvalue weighted by molar-refractivity contribution is 0.545. The molecule has 0 bridgehead atoms. The molecule has 0 aliphatic heterocycles. The van der Waals surface area contributed by atoms with E-state index in [1.165, 1.54) is 5.56 Å². The van der Waals surface area contributed by atoms with E-state index < -0.39 is 0 Å². The second-order valence-corrected chi connectivity index (χ2v) is 5.09. The van der Waals surface area contributed by atoms with Crippen molar-refractivity contribution in [3.63, 3.8) is 0 Å². The van der Waals surface area contributed by atoms with E-state index in [-0.39, 0.29) is 0 Å². The molecule has 2 N–H and O–H groups in total. The number of rotatable bonds is 6. The summed E-state index contributed by atoms with van der Waals surface area (Å²) in [6, 6.07) is 14.4. The van der Waals surface area contributed by atoms with Gasteiger partial charge < -0.3 is 9.73 Å². The Kier molecular flexibility index (Phi) is 4.17. The van der Waals surface area contributed by atoms with Crippen LogP contribution in [0.2, 0.25) is 0 Å². The normalized spacial score (nSPS) is 10.9. The van der Waals surface area contributed by atoms with Gasteiger partial charge in [0.25, 0.3) is 0 Å². The average molecular weight is 281 g/mol. The first-order valence-electron chi connectivity index (χ1n) is 7.16. The smallest absolute Gasteiger partial charge is 0.152 e. The number of nitrogens with one attached hydrogen (secondary N) is 2. The maximum Gasteiger partial charge on any atom is 0.152 e. The van der Waals surface area contributed by atoms with E-state index in [4.69, 9.17) is 4.42 Å². The van der Waals surface area contributed by atoms with E-state index in [1.54, 1.807) is 0 Å². The molecule has 21 heavy (non-hydrogen) atoms. The summed E-state index contributed by atoms with van der Waals surface area (Å²) >= 11 is 0. The summed E-state index contributed by atoms with van der Waals surface area (Å²) in [5.74, 6) is 1.74. The van der Waals surface area contributed by atoms with Crippen molar-refractivity contribution in [2.75, 3.05) is 6.54 Å². The molecule has 0 atom stereocenters. The molecular formula is C17H19N3O. The molecule has 4 nitrogen and oxygen atoms in total. The minimum atomic E-state index is 0.776. The molecule has 0 saturated heterocycles. The second kappa shape index (κ2) is 6.41. The van der Waals surface area contributed by atoms with Crippen LogP contribution in [0.3, 0.4) is 0 Å². The third-order valence-electron chi connectivity index (χ3n) is 3.45. The zero-order valence-electron chi connectivity index (χ0n) is 12.1. The van der Waals surface area contributed by atoms with Gasteiger partial charge in [-0.25, -0.2) is 0 Å². The van der Waals surface area contributed by atoms with Crippen molar-refractivity contribution in [3.8, 4) is 11.5 Å². The van der Waals surface area contributed by atoms with Gasteiger partial charge in [-0.3, -0.25) is 5.10 Å². The molecular weight excluding hydrogens is 262 g/mol. The Bertz CT molecular complexity index is 685. The Balaban J connectivity index is 1.56. The van der Waals surface area contributed by atoms with Gasteiger partial charge in [0.05, 0.1) is 6.20 Å². The van der Waals surface area contributed by atoms with Crippen LogP contribution in [-0.4, -0.2) is 16.7 Å². The van der Waals surface area contributed by atoms with Gasteiger partial charge in [-0.05, 0) is 37.6 Å². The summed E-state index contributed by atoms with van der Waals surface area (Å²) in [5, 5.41) is 10.6. The van der Waals surface area contributed by atoms with Crippen molar-refractivity contribution in [2.24, 2.45) is 0 Å². The van der Waals surface area contributed by atoms with Gasteiger partial charge in [0.2, 0.25) is 0 Å². The van der Waals surface area contributed by atoms with Gasteiger partial charge >= 0.3 is 0 Å². The molecule has 0 aliphatic carbocycles. The van der Waals surface area contributed by atoms with Crippen molar-refractivity contribution < 1.29 is 4.42 Å². The Hall–Kier alpha value is -2.33. The Labute approximate surface area is 124 Å². The van der Waals surface area contributed by atoms with Gasteiger partial charge in [0, 0.05) is 12.1 Å². The molecule has 0 unspecified atom stereocenters. The molecule has 3 aromatic rings. The topological polar surface area (TPSA) is 53.9 Å². The highest BCUT2D eigenvalue weighted by Gasteiger charge is 2.10. The zero-order chi connectivity index (χ0) is 14.5. The van der Waals surface area contributed by atoms with Crippen LogP contribution in [-0.2, 0) is 13.0 Å². The fourth-order valence-corrected chi connectivity index (χ4v) is 2.33. The Morgan fingerprint density at radius 2 is 2.00 bits per heavy atom. The number of benzene rings is 1. The van der Waals surface area contributed by atoms with E-state index in [0.29, 0.717) is 0 Å². The molecule has 0 fully saturated rings. The average Bonchev–Trinajstić information content (AvgIpc) is 3.13. The summed E-state index contributed by atoms with van der Waals surface area (Å²) in [6.07, 6.45) is 2.87. The van der Waals surface area contributed by atoms with Crippen molar-refractivity contribution in [3.05, 3.63) is 65.5 Å². The summed E-state index contributed by atoms with van der Waals surface area (Å²) in [4.78, 5) is 0. The number of hydrogen-bond donors (Lipinski definition) is 2. The van der Waals surface area contributed by atoms with Crippen molar-refractivity contribution in [1.29, 1.82) is 0 Å². The largest absolute Gasteiger partial charge is 0.460 e. The van der Waals surface area contributed by atoms with Crippen LogP contribution in [0.4, 0.5) is 0 Å². The number of H-pyrrole nitrogens is 1. The number of nitrogens with zero attached hydrogens (tertiary/aromatic N) is 1. The molecule has 4 heteroatoms. The van der Waals surface area contributed by atoms with Crippen LogP contribution in [0.25, 0.3) is 11.5 Å². The highest BCUT2D eigenvalue weighted by Crippen LogP contribution is 2.23. The predicted octanol–water partition coefficient (Wildman–Crippen LogP) is 3.31. The lowest BCUT2D eigenvalue weighted by atomic mass is 10.1. The van der Waals surface area contributed by atoms with Crippen LogP contribution in [0.1, 0.15) is 16.9 Å². The van der Waals surface area contributed by atoms with Gasteiger partial charge in [-0.2, -0.15) is 5.10 Å². The third-order valence-corrected chi connectivity index (χ3v) is 3.45. The fraction of sp³-hybridized carbons (Fsp3) is 0.235. The number of furan rings is 1. The zero-order valence-corrected chi connectivity index (χ0v) is 12.1. The number of aryl methyl sites for hydroxylation is 1. The molecule has 0 amide bonds. The first-order valence-corrected chi connectivity index (χ1v) is 7.16. The van der Waals surface area contributed by atoms with E-state index >= 15 is 0 Å². The standard InChI is InChI=1S/C17H19N3O/c1-13-7-8-16(21-13)17-15(12-19-20-17)11-18-10-9-14-5-3-2-4-6-14/h2-8,12,18H,9-11H2,1H3,(H,19,20). The molecule has 2 heterocycles.